The second-order valence-corrected chi connectivity index (χ2v) is 7.10. The monoisotopic (exact) mass is 387 g/mol. The van der Waals surface area contributed by atoms with Crippen LogP contribution in [0.4, 0.5) is 4.39 Å². The Labute approximate surface area is 146 Å². The molecule has 1 saturated heterocycles. The molecule has 10 heteroatoms. The molecule has 6 nitrogen and oxygen atoms in total. The molecule has 0 spiro atoms. The van der Waals surface area contributed by atoms with Gasteiger partial charge in [0.15, 0.2) is 0 Å². The van der Waals surface area contributed by atoms with E-state index in [2.05, 4.69) is 14.8 Å². The van der Waals surface area contributed by atoms with Crippen LogP contribution < -0.4 is 14.8 Å². The third-order valence-electron chi connectivity index (χ3n) is 3.49. The van der Waals surface area contributed by atoms with Crippen LogP contribution >= 0.6 is 24.0 Å². The van der Waals surface area contributed by atoms with E-state index in [-0.39, 0.29) is 36.0 Å². The van der Waals surface area contributed by atoms with Crippen LogP contribution in [-0.4, -0.2) is 41.7 Å². The Morgan fingerprint density at radius 1 is 1.48 bits per heavy atom. The Bertz CT molecular complexity index is 618. The summed E-state index contributed by atoms with van der Waals surface area (Å²) in [5.41, 5.74) is 0.726. The summed E-state index contributed by atoms with van der Waals surface area (Å²) in [6, 6.07) is 4.41. The van der Waals surface area contributed by atoms with Crippen molar-refractivity contribution in [2.24, 2.45) is 5.92 Å². The molecule has 0 radical (unpaired) electrons. The van der Waals surface area contributed by atoms with E-state index >= 15 is 0 Å². The third-order valence-corrected chi connectivity index (χ3v) is 4.86. The number of nitrogens with one attached hydrogen (secondary N) is 3. The van der Waals surface area contributed by atoms with E-state index in [9.17, 15) is 12.8 Å². The first-order chi connectivity index (χ1) is 10.4. The molecule has 0 aliphatic carbocycles. The second-order valence-electron chi connectivity index (χ2n) is 4.99. The molecule has 0 unspecified atom stereocenters. The zero-order chi connectivity index (χ0) is 16.2. The van der Waals surface area contributed by atoms with Crippen molar-refractivity contribution in [3.8, 4) is 0 Å². The van der Waals surface area contributed by atoms with Crippen LogP contribution in [0.5, 0.6) is 0 Å². The van der Waals surface area contributed by atoms with Gasteiger partial charge in [-0.15, -0.1) is 12.4 Å². The second kappa shape index (κ2) is 9.12. The van der Waals surface area contributed by atoms with Crippen LogP contribution in [0, 0.1) is 11.7 Å². The lowest BCUT2D eigenvalue weighted by Gasteiger charge is -2.25. The molecule has 0 saturated carbocycles. The Hall–Kier alpha value is -0.480. The van der Waals surface area contributed by atoms with Crippen LogP contribution in [0.2, 0.25) is 5.02 Å². The molecule has 1 aliphatic rings. The first kappa shape index (κ1) is 20.6. The average molecular weight is 388 g/mol. The van der Waals surface area contributed by atoms with Crippen LogP contribution in [0.25, 0.3) is 0 Å². The van der Waals surface area contributed by atoms with Gasteiger partial charge in [-0.2, -0.15) is 8.42 Å². The first-order valence-electron chi connectivity index (χ1n) is 6.88. The summed E-state index contributed by atoms with van der Waals surface area (Å²) >= 11 is 5.83. The summed E-state index contributed by atoms with van der Waals surface area (Å²) in [5, 5.41) is 3.21. The topological polar surface area (TPSA) is 79.5 Å². The molecule has 1 heterocycles. The molecule has 0 aromatic heterocycles. The van der Waals surface area contributed by atoms with Gasteiger partial charge in [0.05, 0.1) is 17.7 Å². The molecule has 1 fully saturated rings. The largest absolute Gasteiger partial charge is 0.372 e. The van der Waals surface area contributed by atoms with Gasteiger partial charge in [0, 0.05) is 32.6 Å². The molecule has 23 heavy (non-hydrogen) atoms. The highest BCUT2D eigenvalue weighted by Crippen LogP contribution is 2.29. The fraction of sp³-hybridized carbons (Fsp3) is 0.538. The molecule has 0 amide bonds. The van der Waals surface area contributed by atoms with Crippen molar-refractivity contribution in [3.05, 3.63) is 34.6 Å². The van der Waals surface area contributed by atoms with Gasteiger partial charge in [-0.25, -0.2) is 13.8 Å². The Morgan fingerprint density at radius 2 is 2.22 bits per heavy atom. The minimum Gasteiger partial charge on any atom is -0.372 e. The normalized spacial score (nSPS) is 22.2. The van der Waals surface area contributed by atoms with Gasteiger partial charge in [0.1, 0.15) is 5.82 Å². The molecule has 132 valence electrons. The number of rotatable bonds is 5. The van der Waals surface area contributed by atoms with Crippen molar-refractivity contribution in [2.75, 3.05) is 33.3 Å². The van der Waals surface area contributed by atoms with Crippen molar-refractivity contribution in [1.82, 2.24) is 14.8 Å². The van der Waals surface area contributed by atoms with Crippen LogP contribution in [0.3, 0.4) is 0 Å². The average Bonchev–Trinajstić information content (AvgIpc) is 2.73. The Balaban J connectivity index is 0.00000264. The van der Waals surface area contributed by atoms with E-state index in [0.29, 0.717) is 19.7 Å². The number of hydrogen-bond donors (Lipinski definition) is 3. The smallest absolute Gasteiger partial charge is 0.276 e. The minimum absolute atomic E-state index is 0. The van der Waals surface area contributed by atoms with Crippen LogP contribution in [-0.2, 0) is 14.9 Å². The third kappa shape index (κ3) is 5.82. The number of ether oxygens (including phenoxy) is 1. The lowest BCUT2D eigenvalue weighted by Crippen LogP contribution is -2.40. The fourth-order valence-corrected chi connectivity index (χ4v) is 3.08. The number of hydrogen-bond acceptors (Lipinski definition) is 4. The number of benzene rings is 1. The molecule has 3 N–H and O–H groups in total. The van der Waals surface area contributed by atoms with E-state index in [1.165, 1.54) is 19.2 Å². The van der Waals surface area contributed by atoms with Crippen molar-refractivity contribution in [3.63, 3.8) is 0 Å². The molecule has 2 rings (SSSR count). The van der Waals surface area contributed by atoms with Gasteiger partial charge in [-0.05, 0) is 17.7 Å². The summed E-state index contributed by atoms with van der Waals surface area (Å²) in [6.45, 7) is 1.91. The summed E-state index contributed by atoms with van der Waals surface area (Å²) in [5.74, 6) is -0.642. The van der Waals surface area contributed by atoms with Crippen LogP contribution in [0.15, 0.2) is 18.2 Å². The van der Waals surface area contributed by atoms with Gasteiger partial charge in [-0.1, -0.05) is 17.7 Å². The maximum atomic E-state index is 13.3. The fourth-order valence-electron chi connectivity index (χ4n) is 2.31. The lowest BCUT2D eigenvalue weighted by molar-refractivity contribution is 0.0322. The Morgan fingerprint density at radius 3 is 2.87 bits per heavy atom. The quantitative estimate of drug-likeness (QED) is 0.709. The van der Waals surface area contributed by atoms with E-state index in [1.807, 2.05) is 0 Å². The standard InChI is InChI=1S/C13H19ClFN3O3S.ClH/c1-16-22(19,20)18-8-10-7-17-4-5-21-13(10)9-2-3-12(15)11(14)6-9;/h2-3,6,10,13,16-18H,4-5,7-8H2,1H3;1H/t10-,13-;/m1./s1. The van der Waals surface area contributed by atoms with E-state index in [1.54, 1.807) is 6.07 Å². The summed E-state index contributed by atoms with van der Waals surface area (Å²) < 4.78 is 46.8. The zero-order valence-electron chi connectivity index (χ0n) is 12.5. The van der Waals surface area contributed by atoms with Crippen molar-refractivity contribution in [1.29, 1.82) is 0 Å². The maximum Gasteiger partial charge on any atom is 0.276 e. The van der Waals surface area contributed by atoms with E-state index < -0.39 is 16.0 Å². The summed E-state index contributed by atoms with van der Waals surface area (Å²) in [6.07, 6.45) is -0.368. The van der Waals surface area contributed by atoms with Crippen molar-refractivity contribution < 1.29 is 17.5 Å². The summed E-state index contributed by atoms with van der Waals surface area (Å²) in [4.78, 5) is 0. The number of halogens is 3. The van der Waals surface area contributed by atoms with E-state index in [4.69, 9.17) is 16.3 Å². The highest BCUT2D eigenvalue weighted by atomic mass is 35.5. The van der Waals surface area contributed by atoms with E-state index in [0.717, 1.165) is 5.56 Å². The summed E-state index contributed by atoms with van der Waals surface area (Å²) in [7, 11) is -2.19. The van der Waals surface area contributed by atoms with Crippen molar-refractivity contribution in [2.45, 2.75) is 6.10 Å². The van der Waals surface area contributed by atoms with Crippen LogP contribution in [0.1, 0.15) is 11.7 Å². The molecular formula is C13H20Cl2FN3O3S. The molecule has 2 atom stereocenters. The molecule has 1 aromatic rings. The maximum absolute atomic E-state index is 13.3. The highest BCUT2D eigenvalue weighted by molar-refractivity contribution is 7.87. The molecule has 1 aromatic carbocycles. The predicted molar refractivity (Wildman–Crippen MR) is 89.7 cm³/mol. The van der Waals surface area contributed by atoms with Gasteiger partial charge in [-0.3, -0.25) is 0 Å². The van der Waals surface area contributed by atoms with Crippen molar-refractivity contribution >= 4 is 34.2 Å². The van der Waals surface area contributed by atoms with Gasteiger partial charge >= 0.3 is 0 Å². The van der Waals surface area contributed by atoms with Gasteiger partial charge in [0.25, 0.3) is 10.2 Å². The molecular weight excluding hydrogens is 368 g/mol. The van der Waals surface area contributed by atoms with Gasteiger partial charge in [0.2, 0.25) is 0 Å². The minimum atomic E-state index is -3.52. The Kier molecular flexibility index (Phi) is 8.15. The predicted octanol–water partition coefficient (Wildman–Crippen LogP) is 1.23. The SMILES string of the molecule is CNS(=O)(=O)NC[C@H]1CNCCO[C@@H]1c1ccc(F)c(Cl)c1.Cl. The molecule has 0 bridgehead atoms. The zero-order valence-corrected chi connectivity index (χ0v) is 14.9. The van der Waals surface area contributed by atoms with Gasteiger partial charge < -0.3 is 10.1 Å². The lowest BCUT2D eigenvalue weighted by atomic mass is 9.95. The highest BCUT2D eigenvalue weighted by Gasteiger charge is 2.27. The first-order valence-corrected chi connectivity index (χ1v) is 8.74. The molecule has 1 aliphatic heterocycles.